The van der Waals surface area contributed by atoms with Gasteiger partial charge in [0.25, 0.3) is 0 Å². The number of hydrogen-bond donors (Lipinski definition) is 2. The highest BCUT2D eigenvalue weighted by Crippen LogP contribution is 2.41. The second-order valence-corrected chi connectivity index (χ2v) is 5.58. The van der Waals surface area contributed by atoms with Gasteiger partial charge in [-0.15, -0.1) is 0 Å². The first-order chi connectivity index (χ1) is 9.87. The van der Waals surface area contributed by atoms with Crippen LogP contribution >= 0.6 is 11.8 Å². The number of para-hydroxylation sites is 2. The molecule has 0 saturated carbocycles. The molecular weight excluding hydrogens is 299 g/mol. The molecule has 0 amide bonds. The predicted molar refractivity (Wildman–Crippen MR) is 78.5 cm³/mol. The summed E-state index contributed by atoms with van der Waals surface area (Å²) in [5.74, 6) is 0.110. The molecule has 2 aromatic rings. The van der Waals surface area contributed by atoms with E-state index in [-0.39, 0.29) is 28.4 Å². The third kappa shape index (κ3) is 4.32. The maximum atomic E-state index is 12.5. The number of alkyl halides is 3. The number of thioether (sulfide) groups is 1. The number of rotatable bonds is 4. The monoisotopic (exact) mass is 313 g/mol. The van der Waals surface area contributed by atoms with Crippen molar-refractivity contribution in [2.45, 2.75) is 23.4 Å². The van der Waals surface area contributed by atoms with Crippen LogP contribution in [0.25, 0.3) is 0 Å². The summed E-state index contributed by atoms with van der Waals surface area (Å²) in [4.78, 5) is 0.104. The lowest BCUT2D eigenvalue weighted by Gasteiger charge is -2.19. The average molecular weight is 313 g/mol. The zero-order valence-electron chi connectivity index (χ0n) is 11.2. The van der Waals surface area contributed by atoms with E-state index in [1.807, 2.05) is 0 Å². The van der Waals surface area contributed by atoms with E-state index in [2.05, 4.69) is 5.32 Å². The molecule has 1 unspecified atom stereocenters. The minimum absolute atomic E-state index is 0.104. The highest BCUT2D eigenvalue weighted by Gasteiger charge is 2.30. The Balaban J connectivity index is 2.22. The molecule has 0 radical (unpaired) electrons. The van der Waals surface area contributed by atoms with E-state index >= 15 is 0 Å². The molecule has 112 valence electrons. The zero-order chi connectivity index (χ0) is 15.5. The molecule has 0 aliphatic heterocycles. The summed E-state index contributed by atoms with van der Waals surface area (Å²) in [5.41, 5.74) is -3.32. The van der Waals surface area contributed by atoms with Crippen LogP contribution in [0.3, 0.4) is 0 Å². The van der Waals surface area contributed by atoms with Gasteiger partial charge >= 0.3 is 5.51 Å². The van der Waals surface area contributed by atoms with E-state index in [9.17, 15) is 18.3 Å². The van der Waals surface area contributed by atoms with Crippen molar-refractivity contribution in [3.63, 3.8) is 0 Å². The van der Waals surface area contributed by atoms with Crippen molar-refractivity contribution in [3.8, 4) is 5.75 Å². The van der Waals surface area contributed by atoms with Crippen molar-refractivity contribution in [1.82, 2.24) is 0 Å². The second-order valence-electron chi connectivity index (χ2n) is 4.47. The normalized spacial score (nSPS) is 13.0. The number of hydrogen-bond acceptors (Lipinski definition) is 3. The lowest BCUT2D eigenvalue weighted by molar-refractivity contribution is -0.0327. The summed E-state index contributed by atoms with van der Waals surface area (Å²) in [5, 5.41) is 12.8. The maximum Gasteiger partial charge on any atom is 0.446 e. The van der Waals surface area contributed by atoms with Crippen molar-refractivity contribution in [2.75, 3.05) is 5.32 Å². The highest BCUT2D eigenvalue weighted by molar-refractivity contribution is 8.00. The van der Waals surface area contributed by atoms with Gasteiger partial charge in [-0.25, -0.2) is 0 Å². The van der Waals surface area contributed by atoms with Crippen LogP contribution in [0, 0.1) is 0 Å². The molecule has 0 aliphatic carbocycles. The molecule has 2 nitrogen and oxygen atoms in total. The van der Waals surface area contributed by atoms with Gasteiger partial charge in [-0.1, -0.05) is 30.3 Å². The van der Waals surface area contributed by atoms with E-state index < -0.39 is 5.51 Å². The molecule has 2 aromatic carbocycles. The fourth-order valence-corrected chi connectivity index (χ4v) is 2.60. The Kier molecular flexibility index (Phi) is 4.67. The van der Waals surface area contributed by atoms with Gasteiger partial charge in [-0.05, 0) is 36.9 Å². The molecule has 0 heterocycles. The summed E-state index contributed by atoms with van der Waals surface area (Å²) in [6.07, 6.45) is 0. The molecule has 0 aromatic heterocycles. The first kappa shape index (κ1) is 15.6. The molecule has 21 heavy (non-hydrogen) atoms. The third-order valence-electron chi connectivity index (χ3n) is 2.89. The van der Waals surface area contributed by atoms with E-state index in [0.717, 1.165) is 0 Å². The fourth-order valence-electron chi connectivity index (χ4n) is 1.96. The first-order valence-electron chi connectivity index (χ1n) is 6.26. The van der Waals surface area contributed by atoms with E-state index in [1.165, 1.54) is 6.07 Å². The number of halogens is 3. The molecule has 1 atom stereocenters. The fraction of sp³-hybridized carbons (Fsp3) is 0.200. The molecule has 2 N–H and O–H groups in total. The Bertz CT molecular complexity index is 616. The van der Waals surface area contributed by atoms with Crippen LogP contribution in [0.5, 0.6) is 5.75 Å². The summed E-state index contributed by atoms with van der Waals surface area (Å²) < 4.78 is 37.6. The van der Waals surface area contributed by atoms with Gasteiger partial charge in [0.15, 0.2) is 0 Å². The largest absolute Gasteiger partial charge is 0.508 e. The highest BCUT2D eigenvalue weighted by atomic mass is 32.2. The summed E-state index contributed by atoms with van der Waals surface area (Å²) >= 11 is -0.156. The van der Waals surface area contributed by atoms with Gasteiger partial charge < -0.3 is 10.4 Å². The molecule has 0 aliphatic rings. The zero-order valence-corrected chi connectivity index (χ0v) is 12.0. The summed E-state index contributed by atoms with van der Waals surface area (Å²) in [6.45, 7) is 1.78. The first-order valence-corrected chi connectivity index (χ1v) is 7.07. The van der Waals surface area contributed by atoms with Crippen molar-refractivity contribution in [1.29, 1.82) is 0 Å². The smallest absolute Gasteiger partial charge is 0.446 e. The van der Waals surface area contributed by atoms with Crippen LogP contribution < -0.4 is 5.32 Å². The van der Waals surface area contributed by atoms with Crippen LogP contribution in [0.2, 0.25) is 0 Å². The van der Waals surface area contributed by atoms with Crippen molar-refractivity contribution in [2.24, 2.45) is 0 Å². The molecular formula is C15H14F3NOS. The number of nitrogens with one attached hydrogen (secondary N) is 1. The van der Waals surface area contributed by atoms with Gasteiger partial charge in [0.05, 0.1) is 6.04 Å². The second kappa shape index (κ2) is 6.30. The van der Waals surface area contributed by atoms with Gasteiger partial charge in [-0.2, -0.15) is 13.2 Å². The lowest BCUT2D eigenvalue weighted by atomic mass is 10.1. The quantitative estimate of drug-likeness (QED) is 0.763. The SMILES string of the molecule is CC(Nc1ccccc1SC(F)(F)F)c1ccccc1O. The summed E-state index contributed by atoms with van der Waals surface area (Å²) in [6, 6.07) is 12.6. The molecule has 0 fully saturated rings. The van der Waals surface area contributed by atoms with Crippen LogP contribution in [0.15, 0.2) is 53.4 Å². The van der Waals surface area contributed by atoms with E-state index in [0.29, 0.717) is 11.3 Å². The predicted octanol–water partition coefficient (Wildman–Crippen LogP) is 5.18. The number of phenols is 1. The van der Waals surface area contributed by atoms with Crippen molar-refractivity contribution >= 4 is 17.4 Å². The number of aromatic hydroxyl groups is 1. The standard InChI is InChI=1S/C15H14F3NOS/c1-10(11-6-2-4-8-13(11)20)19-12-7-3-5-9-14(12)21-15(16,17)18/h2-10,19-20H,1H3. The number of anilines is 1. The van der Waals surface area contributed by atoms with Crippen molar-refractivity contribution in [3.05, 3.63) is 54.1 Å². The van der Waals surface area contributed by atoms with Gasteiger partial charge in [0.1, 0.15) is 5.75 Å². The van der Waals surface area contributed by atoms with Gasteiger partial charge in [-0.3, -0.25) is 0 Å². The van der Waals surface area contributed by atoms with Crippen LogP contribution in [-0.2, 0) is 0 Å². The van der Waals surface area contributed by atoms with E-state index in [1.54, 1.807) is 49.4 Å². The van der Waals surface area contributed by atoms with Crippen LogP contribution in [0.4, 0.5) is 18.9 Å². The molecule has 0 saturated heterocycles. The molecule has 0 bridgehead atoms. The topological polar surface area (TPSA) is 32.3 Å². The van der Waals surface area contributed by atoms with Crippen molar-refractivity contribution < 1.29 is 18.3 Å². The Hall–Kier alpha value is -1.82. The Morgan fingerprint density at radius 1 is 1.05 bits per heavy atom. The van der Waals surface area contributed by atoms with Gasteiger partial charge in [0, 0.05) is 16.1 Å². The Morgan fingerprint density at radius 2 is 1.67 bits per heavy atom. The minimum atomic E-state index is -4.34. The van der Waals surface area contributed by atoms with Crippen LogP contribution in [0.1, 0.15) is 18.5 Å². The third-order valence-corrected chi connectivity index (χ3v) is 3.70. The minimum Gasteiger partial charge on any atom is -0.508 e. The lowest BCUT2D eigenvalue weighted by Crippen LogP contribution is -2.08. The molecule has 0 spiro atoms. The van der Waals surface area contributed by atoms with Crippen LogP contribution in [-0.4, -0.2) is 10.6 Å². The average Bonchev–Trinajstić information content (AvgIpc) is 2.40. The van der Waals surface area contributed by atoms with Gasteiger partial charge in [0.2, 0.25) is 0 Å². The number of phenolic OH excluding ortho intramolecular Hbond substituents is 1. The summed E-state index contributed by atoms with van der Waals surface area (Å²) in [7, 11) is 0. The van der Waals surface area contributed by atoms with E-state index in [4.69, 9.17) is 0 Å². The Labute approximate surface area is 125 Å². The molecule has 6 heteroatoms. The Morgan fingerprint density at radius 3 is 2.33 bits per heavy atom. The number of benzene rings is 2. The molecule has 2 rings (SSSR count). The maximum absolute atomic E-state index is 12.5.